The second-order valence-corrected chi connectivity index (χ2v) is 4.14. The van der Waals surface area contributed by atoms with Gasteiger partial charge in [-0.3, -0.25) is 4.79 Å². The normalized spacial score (nSPS) is 10.5. The number of hydrogen-bond acceptors (Lipinski definition) is 3. The van der Waals surface area contributed by atoms with Crippen LogP contribution in [0.3, 0.4) is 0 Å². The fourth-order valence-electron chi connectivity index (χ4n) is 1.33. The number of aliphatic carboxylic acids is 1. The van der Waals surface area contributed by atoms with Gasteiger partial charge in [-0.15, -0.1) is 0 Å². The second-order valence-electron chi connectivity index (χ2n) is 4.14. The number of carbonyl (C=O) groups is 2. The number of unbranched alkanes of at least 4 members (excludes halogenated alkanes) is 4. The molecule has 4 heteroatoms. The Kier molecular flexibility index (Phi) is 9.64. The number of esters is 1. The summed E-state index contributed by atoms with van der Waals surface area (Å²) in [5, 5.41) is 8.54. The molecule has 0 rings (SSSR count). The maximum atomic E-state index is 11.2. The molecule has 0 aliphatic heterocycles. The van der Waals surface area contributed by atoms with E-state index in [2.05, 4.69) is 13.5 Å². The Morgan fingerprint density at radius 1 is 1.22 bits per heavy atom. The van der Waals surface area contributed by atoms with Crippen molar-refractivity contribution in [3.05, 3.63) is 24.5 Å². The predicted molar refractivity (Wildman–Crippen MR) is 70.0 cm³/mol. The Hall–Kier alpha value is -1.58. The summed E-state index contributed by atoms with van der Waals surface area (Å²) in [5.41, 5.74) is 0.0712. The Morgan fingerprint density at radius 3 is 2.50 bits per heavy atom. The molecule has 0 spiro atoms. The van der Waals surface area contributed by atoms with E-state index in [1.807, 2.05) is 0 Å². The molecule has 1 N–H and O–H groups in total. The van der Waals surface area contributed by atoms with Gasteiger partial charge in [0.25, 0.3) is 0 Å². The second kappa shape index (κ2) is 10.6. The lowest BCUT2D eigenvalue weighted by Gasteiger charge is -2.00. The highest BCUT2D eigenvalue weighted by Crippen LogP contribution is 2.06. The third-order valence-electron chi connectivity index (χ3n) is 2.45. The van der Waals surface area contributed by atoms with Crippen molar-refractivity contribution in [3.8, 4) is 0 Å². The lowest BCUT2D eigenvalue weighted by Crippen LogP contribution is -2.00. The average Bonchev–Trinajstić information content (AvgIpc) is 2.34. The van der Waals surface area contributed by atoms with Crippen molar-refractivity contribution in [2.75, 3.05) is 0 Å². The van der Waals surface area contributed by atoms with Gasteiger partial charge >= 0.3 is 11.9 Å². The minimum Gasteiger partial charge on any atom is -0.478 e. The first-order valence-electron chi connectivity index (χ1n) is 6.33. The summed E-state index contributed by atoms with van der Waals surface area (Å²) in [6.07, 6.45) is 8.73. The molecule has 0 heterocycles. The summed E-state index contributed by atoms with van der Waals surface area (Å²) in [4.78, 5) is 21.7. The number of ether oxygens (including phenoxy) is 1. The van der Waals surface area contributed by atoms with Gasteiger partial charge in [0.1, 0.15) is 0 Å². The molecule has 0 saturated heterocycles. The summed E-state index contributed by atoms with van der Waals surface area (Å²) >= 11 is 0. The molecule has 0 amide bonds. The van der Waals surface area contributed by atoms with Crippen molar-refractivity contribution >= 4 is 11.9 Å². The number of carboxylic acids is 1. The molecule has 4 nitrogen and oxygen atoms in total. The molecule has 0 aliphatic rings. The van der Waals surface area contributed by atoms with Crippen LogP contribution in [-0.2, 0) is 14.3 Å². The van der Waals surface area contributed by atoms with Crippen molar-refractivity contribution in [1.82, 2.24) is 0 Å². The minimum atomic E-state index is -1.04. The summed E-state index contributed by atoms with van der Waals surface area (Å²) in [6, 6.07) is 0. The van der Waals surface area contributed by atoms with E-state index in [1.165, 1.54) is 25.2 Å². The third-order valence-corrected chi connectivity index (χ3v) is 2.45. The standard InChI is InChI=1S/C14H22O4/c1-3-4-5-6-7-10-13(15)18-11-8-9-12(2)14(16)17/h8,11H,2-7,9-10H2,1H3,(H,16,17). The molecule has 0 aromatic heterocycles. The summed E-state index contributed by atoms with van der Waals surface area (Å²) in [6.45, 7) is 5.50. The molecule has 0 radical (unpaired) electrons. The Bertz CT molecular complexity index is 305. The number of rotatable bonds is 10. The SMILES string of the molecule is C=C(CC=COC(=O)CCCCCCC)C(=O)O. The maximum absolute atomic E-state index is 11.2. The van der Waals surface area contributed by atoms with Crippen LogP contribution in [0.25, 0.3) is 0 Å². The molecule has 0 aliphatic carbocycles. The number of carbonyl (C=O) groups excluding carboxylic acids is 1. The molecule has 18 heavy (non-hydrogen) atoms. The van der Waals surface area contributed by atoms with Crippen LogP contribution in [0, 0.1) is 0 Å². The highest BCUT2D eigenvalue weighted by atomic mass is 16.5. The van der Waals surface area contributed by atoms with Gasteiger partial charge in [0.2, 0.25) is 0 Å². The quantitative estimate of drug-likeness (QED) is 0.281. The molecule has 0 bridgehead atoms. The molecule has 0 fully saturated rings. The predicted octanol–water partition coefficient (Wildman–Crippen LogP) is 3.43. The van der Waals surface area contributed by atoms with E-state index in [4.69, 9.17) is 9.84 Å². The Morgan fingerprint density at radius 2 is 1.89 bits per heavy atom. The van der Waals surface area contributed by atoms with Gasteiger partial charge in [-0.05, 0) is 12.5 Å². The summed E-state index contributed by atoms with van der Waals surface area (Å²) < 4.78 is 4.83. The van der Waals surface area contributed by atoms with Gasteiger partial charge in [0.05, 0.1) is 6.26 Å². The van der Waals surface area contributed by atoms with E-state index in [0.29, 0.717) is 6.42 Å². The third kappa shape index (κ3) is 9.63. The van der Waals surface area contributed by atoms with Crippen LogP contribution in [0.4, 0.5) is 0 Å². The smallest absolute Gasteiger partial charge is 0.331 e. The van der Waals surface area contributed by atoms with Crippen molar-refractivity contribution < 1.29 is 19.4 Å². The summed E-state index contributed by atoms with van der Waals surface area (Å²) in [5.74, 6) is -1.31. The highest BCUT2D eigenvalue weighted by molar-refractivity contribution is 5.86. The monoisotopic (exact) mass is 254 g/mol. The molecule has 102 valence electrons. The van der Waals surface area contributed by atoms with Crippen LogP contribution in [0.5, 0.6) is 0 Å². The first-order valence-corrected chi connectivity index (χ1v) is 6.33. The van der Waals surface area contributed by atoms with Gasteiger partial charge in [-0.2, -0.15) is 0 Å². The number of hydrogen-bond donors (Lipinski definition) is 1. The molecular formula is C14H22O4. The summed E-state index contributed by atoms with van der Waals surface area (Å²) in [7, 11) is 0. The van der Waals surface area contributed by atoms with Gasteiger partial charge in [-0.25, -0.2) is 4.79 Å². The molecular weight excluding hydrogens is 232 g/mol. The highest BCUT2D eigenvalue weighted by Gasteiger charge is 2.02. The molecule has 0 unspecified atom stereocenters. The molecule has 0 aromatic carbocycles. The van der Waals surface area contributed by atoms with Crippen LogP contribution < -0.4 is 0 Å². The Labute approximate surface area is 108 Å². The van der Waals surface area contributed by atoms with E-state index in [0.717, 1.165) is 19.3 Å². The van der Waals surface area contributed by atoms with E-state index >= 15 is 0 Å². The van der Waals surface area contributed by atoms with Crippen LogP contribution in [-0.4, -0.2) is 17.0 Å². The lowest BCUT2D eigenvalue weighted by atomic mass is 10.1. The van der Waals surface area contributed by atoms with E-state index < -0.39 is 5.97 Å². The minimum absolute atomic E-state index is 0.0712. The molecule has 0 aromatic rings. The van der Waals surface area contributed by atoms with E-state index in [-0.39, 0.29) is 18.0 Å². The largest absolute Gasteiger partial charge is 0.478 e. The van der Waals surface area contributed by atoms with Crippen LogP contribution in [0.15, 0.2) is 24.5 Å². The number of allylic oxidation sites excluding steroid dienone is 1. The average molecular weight is 254 g/mol. The Balaban J connectivity index is 3.55. The number of carboxylic acid groups (broad SMARTS) is 1. The van der Waals surface area contributed by atoms with E-state index in [1.54, 1.807) is 0 Å². The van der Waals surface area contributed by atoms with Crippen LogP contribution in [0.2, 0.25) is 0 Å². The zero-order chi connectivity index (χ0) is 13.8. The van der Waals surface area contributed by atoms with Gasteiger partial charge < -0.3 is 9.84 Å². The van der Waals surface area contributed by atoms with Crippen molar-refractivity contribution in [2.45, 2.75) is 51.9 Å². The fraction of sp³-hybridized carbons (Fsp3) is 0.571. The lowest BCUT2D eigenvalue weighted by molar-refractivity contribution is -0.138. The first kappa shape index (κ1) is 16.4. The van der Waals surface area contributed by atoms with E-state index in [9.17, 15) is 9.59 Å². The maximum Gasteiger partial charge on any atom is 0.331 e. The zero-order valence-electron chi connectivity index (χ0n) is 11.0. The van der Waals surface area contributed by atoms with Gasteiger partial charge in [-0.1, -0.05) is 39.2 Å². The van der Waals surface area contributed by atoms with Crippen molar-refractivity contribution in [2.24, 2.45) is 0 Å². The van der Waals surface area contributed by atoms with Crippen LogP contribution in [0.1, 0.15) is 51.9 Å². The van der Waals surface area contributed by atoms with Gasteiger partial charge in [0, 0.05) is 18.4 Å². The van der Waals surface area contributed by atoms with Crippen molar-refractivity contribution in [1.29, 1.82) is 0 Å². The molecule has 0 atom stereocenters. The van der Waals surface area contributed by atoms with Crippen molar-refractivity contribution in [3.63, 3.8) is 0 Å². The fourth-order valence-corrected chi connectivity index (χ4v) is 1.33. The van der Waals surface area contributed by atoms with Gasteiger partial charge in [0.15, 0.2) is 0 Å². The topological polar surface area (TPSA) is 63.6 Å². The zero-order valence-corrected chi connectivity index (χ0v) is 11.0. The molecule has 0 saturated carbocycles. The first-order chi connectivity index (χ1) is 8.57. The van der Waals surface area contributed by atoms with Crippen LogP contribution >= 0.6 is 0 Å².